The zero-order chi connectivity index (χ0) is 15.3. The highest BCUT2D eigenvalue weighted by Crippen LogP contribution is 2.28. The number of ether oxygens (including phenoxy) is 1. The van der Waals surface area contributed by atoms with Crippen LogP contribution in [-0.2, 0) is 9.53 Å². The van der Waals surface area contributed by atoms with Crippen molar-refractivity contribution in [2.24, 2.45) is 0 Å². The molecule has 6 heteroatoms. The monoisotopic (exact) mass is 298 g/mol. The molecule has 1 aliphatic carbocycles. The second-order valence-corrected chi connectivity index (χ2v) is 6.16. The molecule has 2 amide bonds. The highest BCUT2D eigenvalue weighted by Gasteiger charge is 2.38. The van der Waals surface area contributed by atoms with E-state index in [1.165, 1.54) is 12.0 Å². The summed E-state index contributed by atoms with van der Waals surface area (Å²) in [6, 6.07) is -0.475. The second-order valence-electron chi connectivity index (χ2n) is 6.16. The first kappa shape index (κ1) is 16.1. The van der Waals surface area contributed by atoms with Crippen molar-refractivity contribution in [1.29, 1.82) is 0 Å². The number of carbonyl (C=O) groups is 2. The summed E-state index contributed by atoms with van der Waals surface area (Å²) < 4.78 is 4.77. The lowest BCUT2D eigenvalue weighted by Crippen LogP contribution is -2.59. The zero-order valence-electron chi connectivity index (χ0n) is 12.8. The number of hydrogen-bond acceptors (Lipinski definition) is 4. The number of nitrogens with one attached hydrogen (secondary N) is 1. The van der Waals surface area contributed by atoms with Gasteiger partial charge in [0.25, 0.3) is 0 Å². The molecule has 0 spiro atoms. The summed E-state index contributed by atoms with van der Waals surface area (Å²) in [5, 5.41) is 12.7. The molecule has 0 aromatic carbocycles. The normalized spacial score (nSPS) is 25.2. The van der Waals surface area contributed by atoms with Crippen molar-refractivity contribution in [3.63, 3.8) is 0 Å². The van der Waals surface area contributed by atoms with Gasteiger partial charge in [-0.2, -0.15) is 0 Å². The Labute approximate surface area is 125 Å². The van der Waals surface area contributed by atoms with Crippen molar-refractivity contribution in [1.82, 2.24) is 10.2 Å². The van der Waals surface area contributed by atoms with E-state index >= 15 is 0 Å². The number of amides is 2. The summed E-state index contributed by atoms with van der Waals surface area (Å²) in [5.41, 5.74) is -0.505. The summed E-state index contributed by atoms with van der Waals surface area (Å²) >= 11 is 0. The van der Waals surface area contributed by atoms with Crippen molar-refractivity contribution in [2.45, 2.75) is 62.9 Å². The Hall–Kier alpha value is -1.30. The molecule has 0 radical (unpaired) electrons. The Morgan fingerprint density at radius 2 is 1.95 bits per heavy atom. The van der Waals surface area contributed by atoms with Gasteiger partial charge in [-0.1, -0.05) is 19.3 Å². The lowest BCUT2D eigenvalue weighted by molar-refractivity contribution is -0.130. The van der Waals surface area contributed by atoms with Gasteiger partial charge in [0, 0.05) is 6.54 Å². The molecule has 0 aromatic heterocycles. The smallest absolute Gasteiger partial charge is 0.410 e. The number of likely N-dealkylation sites (tertiary alicyclic amines) is 1. The van der Waals surface area contributed by atoms with Crippen molar-refractivity contribution in [3.8, 4) is 0 Å². The number of aliphatic hydroxyl groups is 1. The van der Waals surface area contributed by atoms with Crippen molar-refractivity contribution >= 4 is 12.0 Å². The van der Waals surface area contributed by atoms with Gasteiger partial charge < -0.3 is 15.2 Å². The molecule has 1 aliphatic heterocycles. The minimum absolute atomic E-state index is 0.0380. The fraction of sp³-hybridized carbons (Fsp3) is 0.867. The van der Waals surface area contributed by atoms with Gasteiger partial charge >= 0.3 is 6.09 Å². The van der Waals surface area contributed by atoms with E-state index in [1.807, 2.05) is 0 Å². The molecule has 6 nitrogen and oxygen atoms in total. The summed E-state index contributed by atoms with van der Waals surface area (Å²) in [6.45, 7) is 0.514. The van der Waals surface area contributed by atoms with Crippen molar-refractivity contribution in [3.05, 3.63) is 0 Å². The standard InChI is InChI=1S/C15H26N2O4/c1-21-14(20)17-10-6-3-7-12(17)13(19)16-15(11-18)8-4-2-5-9-15/h12,18H,2-11H2,1H3,(H,16,19). The predicted molar refractivity (Wildman–Crippen MR) is 77.8 cm³/mol. The number of carbonyl (C=O) groups excluding carboxylic acids is 2. The van der Waals surface area contributed by atoms with Gasteiger partial charge in [0.05, 0.1) is 19.3 Å². The molecule has 1 saturated carbocycles. The van der Waals surface area contributed by atoms with Crippen LogP contribution in [0.25, 0.3) is 0 Å². The molecular formula is C15H26N2O4. The largest absolute Gasteiger partial charge is 0.453 e. The van der Waals surface area contributed by atoms with Gasteiger partial charge in [0.15, 0.2) is 0 Å². The number of methoxy groups -OCH3 is 1. The van der Waals surface area contributed by atoms with Crippen LogP contribution in [0.3, 0.4) is 0 Å². The average Bonchev–Trinajstić information content (AvgIpc) is 2.55. The third kappa shape index (κ3) is 3.67. The fourth-order valence-electron chi connectivity index (χ4n) is 3.44. The Balaban J connectivity index is 2.04. The van der Waals surface area contributed by atoms with E-state index in [2.05, 4.69) is 5.32 Å². The molecule has 120 valence electrons. The molecule has 1 heterocycles. The van der Waals surface area contributed by atoms with Crippen molar-refractivity contribution in [2.75, 3.05) is 20.3 Å². The molecular weight excluding hydrogens is 272 g/mol. The van der Waals surface area contributed by atoms with Gasteiger partial charge in [-0.05, 0) is 32.1 Å². The number of nitrogens with zero attached hydrogens (tertiary/aromatic N) is 1. The average molecular weight is 298 g/mol. The molecule has 0 aromatic rings. The van der Waals surface area contributed by atoms with Crippen LogP contribution >= 0.6 is 0 Å². The Morgan fingerprint density at radius 1 is 1.24 bits per heavy atom. The summed E-state index contributed by atoms with van der Waals surface area (Å²) in [4.78, 5) is 25.9. The zero-order valence-corrected chi connectivity index (χ0v) is 12.8. The van der Waals surface area contributed by atoms with Gasteiger partial charge in [-0.3, -0.25) is 9.69 Å². The van der Waals surface area contributed by atoms with E-state index in [4.69, 9.17) is 4.74 Å². The van der Waals surface area contributed by atoms with Crippen LogP contribution in [0.5, 0.6) is 0 Å². The Bertz CT molecular complexity index is 380. The molecule has 2 fully saturated rings. The van der Waals surface area contributed by atoms with Gasteiger partial charge in [-0.25, -0.2) is 4.79 Å². The first-order valence-corrected chi connectivity index (χ1v) is 7.89. The molecule has 21 heavy (non-hydrogen) atoms. The van der Waals surface area contributed by atoms with E-state index in [1.54, 1.807) is 0 Å². The quantitative estimate of drug-likeness (QED) is 0.826. The van der Waals surface area contributed by atoms with Crippen LogP contribution in [-0.4, -0.2) is 53.8 Å². The predicted octanol–water partition coefficient (Wildman–Crippen LogP) is 1.42. The highest BCUT2D eigenvalue weighted by atomic mass is 16.5. The first-order valence-electron chi connectivity index (χ1n) is 7.89. The van der Waals surface area contributed by atoms with Crippen LogP contribution in [0.15, 0.2) is 0 Å². The minimum atomic E-state index is -0.505. The van der Waals surface area contributed by atoms with Gasteiger partial charge in [0.2, 0.25) is 5.91 Å². The lowest BCUT2D eigenvalue weighted by Gasteiger charge is -2.40. The number of aliphatic hydroxyl groups excluding tert-OH is 1. The topological polar surface area (TPSA) is 78.9 Å². The third-order valence-corrected chi connectivity index (χ3v) is 4.72. The fourth-order valence-corrected chi connectivity index (χ4v) is 3.44. The maximum absolute atomic E-state index is 12.6. The first-order chi connectivity index (χ1) is 10.1. The highest BCUT2D eigenvalue weighted by molar-refractivity contribution is 5.86. The molecule has 2 rings (SSSR count). The maximum Gasteiger partial charge on any atom is 0.410 e. The maximum atomic E-state index is 12.6. The van der Waals surface area contributed by atoms with Gasteiger partial charge in [-0.15, -0.1) is 0 Å². The molecule has 0 bridgehead atoms. The van der Waals surface area contributed by atoms with Crippen LogP contribution in [0.4, 0.5) is 4.79 Å². The third-order valence-electron chi connectivity index (χ3n) is 4.72. The number of hydrogen-bond donors (Lipinski definition) is 2. The minimum Gasteiger partial charge on any atom is -0.453 e. The molecule has 1 unspecified atom stereocenters. The van der Waals surface area contributed by atoms with Gasteiger partial charge in [0.1, 0.15) is 6.04 Å². The van der Waals surface area contributed by atoms with Crippen LogP contribution in [0, 0.1) is 0 Å². The van der Waals surface area contributed by atoms with Crippen molar-refractivity contribution < 1.29 is 19.4 Å². The van der Waals surface area contributed by atoms with Crippen LogP contribution in [0.1, 0.15) is 51.4 Å². The second kappa shape index (κ2) is 7.11. The molecule has 1 atom stereocenters. The van der Waals surface area contributed by atoms with E-state index in [9.17, 15) is 14.7 Å². The van der Waals surface area contributed by atoms with Crippen LogP contribution < -0.4 is 5.32 Å². The molecule has 1 saturated heterocycles. The van der Waals surface area contributed by atoms with E-state index in [-0.39, 0.29) is 12.5 Å². The van der Waals surface area contributed by atoms with Crippen LogP contribution in [0.2, 0.25) is 0 Å². The number of piperidine rings is 1. The number of rotatable bonds is 3. The van der Waals surface area contributed by atoms with E-state index < -0.39 is 17.7 Å². The Morgan fingerprint density at radius 3 is 2.57 bits per heavy atom. The molecule has 2 N–H and O–H groups in total. The van der Waals surface area contributed by atoms with E-state index in [0.717, 1.165) is 44.9 Å². The van der Waals surface area contributed by atoms with E-state index in [0.29, 0.717) is 13.0 Å². The summed E-state index contributed by atoms with van der Waals surface area (Å²) in [6.07, 6.45) is 6.83. The summed E-state index contributed by atoms with van der Waals surface area (Å²) in [5.74, 6) is -0.156. The molecule has 2 aliphatic rings. The SMILES string of the molecule is COC(=O)N1CCCCC1C(=O)NC1(CO)CCCCC1. The Kier molecular flexibility index (Phi) is 5.45. The lowest BCUT2D eigenvalue weighted by atomic mass is 9.82. The summed E-state index contributed by atoms with van der Waals surface area (Å²) in [7, 11) is 1.34.